The van der Waals surface area contributed by atoms with Crippen LogP contribution in [0.5, 0.6) is 11.5 Å². The third-order valence-corrected chi connectivity index (χ3v) is 3.76. The highest BCUT2D eigenvalue weighted by atomic mass is 32.1. The van der Waals surface area contributed by atoms with Crippen LogP contribution in [0, 0.1) is 10.1 Å². The Morgan fingerprint density at radius 3 is 2.65 bits per heavy atom. The van der Waals surface area contributed by atoms with E-state index in [2.05, 4.69) is 0 Å². The van der Waals surface area contributed by atoms with E-state index in [0.29, 0.717) is 5.56 Å². The molecule has 0 saturated heterocycles. The summed E-state index contributed by atoms with van der Waals surface area (Å²) in [6.07, 6.45) is 0. The highest BCUT2D eigenvalue weighted by Gasteiger charge is 2.22. The number of rotatable bonds is 5. The largest absolute Gasteiger partial charge is 0.493 e. The summed E-state index contributed by atoms with van der Waals surface area (Å²) in [7, 11) is 2.78. The second-order valence-electron chi connectivity index (χ2n) is 3.90. The van der Waals surface area contributed by atoms with Crippen molar-refractivity contribution >= 4 is 17.0 Å². The molecular formula is C13H13NO5S. The number of aliphatic hydroxyl groups is 1. The van der Waals surface area contributed by atoms with Crippen molar-refractivity contribution in [1.29, 1.82) is 0 Å². The second-order valence-corrected chi connectivity index (χ2v) is 4.90. The number of ether oxygens (including phenoxy) is 2. The van der Waals surface area contributed by atoms with E-state index in [1.165, 1.54) is 31.6 Å². The Morgan fingerprint density at radius 2 is 2.10 bits per heavy atom. The Morgan fingerprint density at radius 1 is 1.35 bits per heavy atom. The zero-order valence-electron chi connectivity index (χ0n) is 11.0. The Hall–Kier alpha value is -2.12. The smallest absolute Gasteiger partial charge is 0.315 e. The molecule has 0 aliphatic carbocycles. The number of nitro benzene ring substituents is 1. The van der Waals surface area contributed by atoms with Gasteiger partial charge in [-0.1, -0.05) is 0 Å². The van der Waals surface area contributed by atoms with Gasteiger partial charge in [0.15, 0.2) is 5.75 Å². The molecule has 0 aliphatic heterocycles. The lowest BCUT2D eigenvalue weighted by atomic mass is 10.0. The number of hydrogen-bond donors (Lipinski definition) is 1. The summed E-state index contributed by atoms with van der Waals surface area (Å²) in [5.74, 6) is 0.369. The summed E-state index contributed by atoms with van der Waals surface area (Å²) in [6, 6.07) is 4.89. The third-order valence-electron chi connectivity index (χ3n) is 2.86. The minimum Gasteiger partial charge on any atom is -0.493 e. The van der Waals surface area contributed by atoms with Gasteiger partial charge in [-0.25, -0.2) is 0 Å². The fraction of sp³-hybridized carbons (Fsp3) is 0.231. The van der Waals surface area contributed by atoms with Crippen molar-refractivity contribution in [2.45, 2.75) is 6.61 Å². The third kappa shape index (κ3) is 2.45. The zero-order chi connectivity index (χ0) is 14.7. The molecule has 0 spiro atoms. The number of methoxy groups -OCH3 is 2. The van der Waals surface area contributed by atoms with Gasteiger partial charge in [-0.15, -0.1) is 11.3 Å². The van der Waals surface area contributed by atoms with Crippen LogP contribution in [-0.4, -0.2) is 24.2 Å². The van der Waals surface area contributed by atoms with Crippen LogP contribution in [0.15, 0.2) is 23.6 Å². The summed E-state index contributed by atoms with van der Waals surface area (Å²) in [4.78, 5) is 11.4. The maximum atomic E-state index is 11.1. The molecule has 0 saturated carbocycles. The van der Waals surface area contributed by atoms with Crippen LogP contribution < -0.4 is 9.47 Å². The highest BCUT2D eigenvalue weighted by Crippen LogP contribution is 2.42. The molecule has 1 N–H and O–H groups in total. The average Bonchev–Trinajstić information content (AvgIpc) is 2.93. The molecule has 1 aromatic heterocycles. The van der Waals surface area contributed by atoms with Crippen molar-refractivity contribution in [3.63, 3.8) is 0 Å². The van der Waals surface area contributed by atoms with Gasteiger partial charge in [0.1, 0.15) is 0 Å². The normalized spacial score (nSPS) is 10.3. The van der Waals surface area contributed by atoms with Crippen LogP contribution in [0.2, 0.25) is 0 Å². The maximum Gasteiger partial charge on any atom is 0.315 e. The number of nitrogens with zero attached hydrogens (tertiary/aromatic N) is 1. The van der Waals surface area contributed by atoms with Gasteiger partial charge >= 0.3 is 5.69 Å². The fourth-order valence-corrected chi connectivity index (χ4v) is 2.71. The van der Waals surface area contributed by atoms with Gasteiger partial charge in [0.2, 0.25) is 5.75 Å². The molecule has 2 rings (SSSR count). The van der Waals surface area contributed by atoms with E-state index >= 15 is 0 Å². The van der Waals surface area contributed by atoms with E-state index in [1.807, 2.05) is 5.38 Å². The number of nitro groups is 1. The van der Waals surface area contributed by atoms with Crippen LogP contribution in [0.4, 0.5) is 5.69 Å². The van der Waals surface area contributed by atoms with Crippen LogP contribution in [-0.2, 0) is 6.61 Å². The van der Waals surface area contributed by atoms with Crippen LogP contribution in [0.3, 0.4) is 0 Å². The molecule has 0 bridgehead atoms. The van der Waals surface area contributed by atoms with Crippen molar-refractivity contribution in [3.8, 4) is 22.6 Å². The van der Waals surface area contributed by atoms with Gasteiger partial charge in [0.25, 0.3) is 0 Å². The molecule has 0 radical (unpaired) electrons. The SMILES string of the molecule is COc1cc(-c2ccsc2CO)cc([N+](=O)[O-])c1OC. The van der Waals surface area contributed by atoms with E-state index in [-0.39, 0.29) is 23.8 Å². The minimum atomic E-state index is -0.518. The second kappa shape index (κ2) is 5.89. The predicted molar refractivity (Wildman–Crippen MR) is 75.4 cm³/mol. The summed E-state index contributed by atoms with van der Waals surface area (Å²) < 4.78 is 10.2. The summed E-state index contributed by atoms with van der Waals surface area (Å²) >= 11 is 1.39. The summed E-state index contributed by atoms with van der Waals surface area (Å²) in [5.41, 5.74) is 1.19. The first kappa shape index (κ1) is 14.3. The maximum absolute atomic E-state index is 11.1. The Bertz CT molecular complexity index is 638. The van der Waals surface area contributed by atoms with Crippen molar-refractivity contribution in [3.05, 3.63) is 38.6 Å². The van der Waals surface area contributed by atoms with Gasteiger partial charge in [-0.05, 0) is 28.6 Å². The average molecular weight is 295 g/mol. The topological polar surface area (TPSA) is 81.8 Å². The standard InChI is InChI=1S/C13H13NO5S/c1-18-11-6-8(9-3-4-20-12(9)7-15)5-10(14(16)17)13(11)19-2/h3-6,15H,7H2,1-2H3. The molecule has 2 aromatic rings. The number of thiophene rings is 1. The van der Waals surface area contributed by atoms with Gasteiger partial charge in [-0.3, -0.25) is 10.1 Å². The molecule has 7 heteroatoms. The lowest BCUT2D eigenvalue weighted by molar-refractivity contribution is -0.385. The number of benzene rings is 1. The van der Waals surface area contributed by atoms with E-state index in [1.54, 1.807) is 12.1 Å². The molecule has 6 nitrogen and oxygen atoms in total. The minimum absolute atomic E-state index is 0.0852. The monoisotopic (exact) mass is 295 g/mol. The lowest BCUT2D eigenvalue weighted by Gasteiger charge is -2.10. The molecule has 0 atom stereocenters. The van der Waals surface area contributed by atoms with Gasteiger partial charge in [-0.2, -0.15) is 0 Å². The highest BCUT2D eigenvalue weighted by molar-refractivity contribution is 7.10. The van der Waals surface area contributed by atoms with Crippen LogP contribution in [0.1, 0.15) is 4.88 Å². The Labute approximate surface area is 119 Å². The molecule has 1 aromatic carbocycles. The lowest BCUT2D eigenvalue weighted by Crippen LogP contribution is -1.98. The molecule has 1 heterocycles. The molecule has 0 aliphatic rings. The fourth-order valence-electron chi connectivity index (χ4n) is 1.96. The zero-order valence-corrected chi connectivity index (χ0v) is 11.8. The van der Waals surface area contributed by atoms with Crippen molar-refractivity contribution in [1.82, 2.24) is 0 Å². The first-order valence-electron chi connectivity index (χ1n) is 5.70. The quantitative estimate of drug-likeness (QED) is 0.677. The predicted octanol–water partition coefficient (Wildman–Crippen LogP) is 2.83. The molecular weight excluding hydrogens is 282 g/mol. The molecule has 20 heavy (non-hydrogen) atoms. The Balaban J connectivity index is 2.66. The van der Waals surface area contributed by atoms with Crippen LogP contribution in [0.25, 0.3) is 11.1 Å². The van der Waals surface area contributed by atoms with Gasteiger partial charge in [0.05, 0.1) is 25.7 Å². The first-order valence-corrected chi connectivity index (χ1v) is 6.58. The first-order chi connectivity index (χ1) is 9.62. The summed E-state index contributed by atoms with van der Waals surface area (Å²) in [6.45, 7) is -0.116. The summed E-state index contributed by atoms with van der Waals surface area (Å²) in [5, 5.41) is 22.3. The van der Waals surface area contributed by atoms with E-state index in [0.717, 1.165) is 10.4 Å². The molecule has 0 fully saturated rings. The van der Waals surface area contributed by atoms with Crippen LogP contribution >= 0.6 is 11.3 Å². The van der Waals surface area contributed by atoms with Crippen molar-refractivity contribution in [2.75, 3.05) is 14.2 Å². The van der Waals surface area contributed by atoms with Crippen molar-refractivity contribution in [2.24, 2.45) is 0 Å². The molecule has 106 valence electrons. The number of aliphatic hydroxyl groups excluding tert-OH is 1. The van der Waals surface area contributed by atoms with E-state index < -0.39 is 4.92 Å². The molecule has 0 amide bonds. The van der Waals surface area contributed by atoms with E-state index in [9.17, 15) is 15.2 Å². The van der Waals surface area contributed by atoms with Gasteiger partial charge < -0.3 is 14.6 Å². The number of hydrogen-bond acceptors (Lipinski definition) is 6. The van der Waals surface area contributed by atoms with Gasteiger partial charge in [0, 0.05) is 10.9 Å². The Kier molecular flexibility index (Phi) is 4.21. The van der Waals surface area contributed by atoms with Crippen molar-refractivity contribution < 1.29 is 19.5 Å². The van der Waals surface area contributed by atoms with E-state index in [4.69, 9.17) is 9.47 Å². The molecule has 0 unspecified atom stereocenters.